The average molecular weight is 115 g/mol. The monoisotopic (exact) mass is 115 g/mol. The van der Waals surface area contributed by atoms with Crippen LogP contribution in [0.5, 0.6) is 0 Å². The largest absolute Gasteiger partial charge is 0.457 e. The molecule has 0 aliphatic rings. The van der Waals surface area contributed by atoms with Crippen molar-refractivity contribution in [1.29, 1.82) is 0 Å². The van der Waals surface area contributed by atoms with E-state index in [1.807, 2.05) is 0 Å². The van der Waals surface area contributed by atoms with Gasteiger partial charge in [-0.1, -0.05) is 19.8 Å². The van der Waals surface area contributed by atoms with Gasteiger partial charge in [0.15, 0.2) is 0 Å². The van der Waals surface area contributed by atoms with Crippen molar-refractivity contribution in [2.45, 2.75) is 26.2 Å². The first-order valence-corrected chi connectivity index (χ1v) is 2.90. The van der Waals surface area contributed by atoms with Crippen LogP contribution >= 0.6 is 0 Å². The van der Waals surface area contributed by atoms with E-state index in [2.05, 4.69) is 11.7 Å². The van der Waals surface area contributed by atoms with Gasteiger partial charge in [-0.05, 0) is 6.42 Å². The van der Waals surface area contributed by atoms with E-state index < -0.39 is 0 Å². The maximum Gasteiger partial charge on any atom is 0.417 e. The molecule has 0 N–H and O–H groups in total. The molecule has 0 aromatic heterocycles. The zero-order chi connectivity index (χ0) is 6.24. The molecule has 0 rings (SSSR count). The Morgan fingerprint density at radius 2 is 2.25 bits per heavy atom. The number of ether oxygens (including phenoxy) is 1. The average Bonchev–Trinajstić information content (AvgIpc) is 1.81. The first-order valence-electron chi connectivity index (χ1n) is 2.90. The fourth-order valence-electron chi connectivity index (χ4n) is 0.466. The van der Waals surface area contributed by atoms with Gasteiger partial charge in [0, 0.05) is 0 Å². The van der Waals surface area contributed by atoms with E-state index in [1.165, 1.54) is 6.47 Å². The Bertz CT molecular complexity index is 52.5. The molecule has 0 saturated carbocycles. The zero-order valence-electron chi connectivity index (χ0n) is 5.14. The third-order valence-corrected chi connectivity index (χ3v) is 0.909. The smallest absolute Gasteiger partial charge is 0.417 e. The van der Waals surface area contributed by atoms with Crippen molar-refractivity contribution < 1.29 is 9.53 Å². The van der Waals surface area contributed by atoms with Gasteiger partial charge in [-0.2, -0.15) is 0 Å². The van der Waals surface area contributed by atoms with Gasteiger partial charge in [0.25, 0.3) is 0 Å². The van der Waals surface area contributed by atoms with E-state index in [-0.39, 0.29) is 0 Å². The van der Waals surface area contributed by atoms with Crippen LogP contribution < -0.4 is 0 Å². The van der Waals surface area contributed by atoms with Crippen LogP contribution in [0.25, 0.3) is 0 Å². The van der Waals surface area contributed by atoms with Gasteiger partial charge in [0.05, 0.1) is 6.61 Å². The summed E-state index contributed by atoms with van der Waals surface area (Å²) in [4.78, 5) is 9.42. The van der Waals surface area contributed by atoms with Crippen LogP contribution in [-0.4, -0.2) is 13.1 Å². The lowest BCUT2D eigenvalue weighted by molar-refractivity contribution is 0.270. The van der Waals surface area contributed by atoms with Crippen molar-refractivity contribution in [3.8, 4) is 0 Å². The standard InChI is InChI=1S/C6H11O2/c1-2-3-4-5-8-6-7/h2-5H2,1H3. The highest BCUT2D eigenvalue weighted by Crippen LogP contribution is 1.91. The first-order chi connectivity index (χ1) is 3.91. The van der Waals surface area contributed by atoms with Gasteiger partial charge < -0.3 is 4.74 Å². The minimum absolute atomic E-state index is 0.525. The van der Waals surface area contributed by atoms with Crippen molar-refractivity contribution in [1.82, 2.24) is 0 Å². The fraction of sp³-hybridized carbons (Fsp3) is 0.833. The van der Waals surface area contributed by atoms with Gasteiger partial charge >= 0.3 is 6.47 Å². The molecule has 0 aliphatic heterocycles. The maximum absolute atomic E-state index is 9.42. The van der Waals surface area contributed by atoms with E-state index in [9.17, 15) is 4.79 Å². The van der Waals surface area contributed by atoms with E-state index in [0.29, 0.717) is 6.61 Å². The Morgan fingerprint density at radius 3 is 2.75 bits per heavy atom. The summed E-state index contributed by atoms with van der Waals surface area (Å²) in [6.07, 6.45) is 3.25. The lowest BCUT2D eigenvalue weighted by atomic mass is 10.3. The summed E-state index contributed by atoms with van der Waals surface area (Å²) in [6, 6.07) is 0. The fourth-order valence-corrected chi connectivity index (χ4v) is 0.466. The van der Waals surface area contributed by atoms with Crippen LogP contribution in [0, 0.1) is 0 Å². The van der Waals surface area contributed by atoms with Gasteiger partial charge in [-0.25, -0.2) is 4.79 Å². The van der Waals surface area contributed by atoms with Crippen molar-refractivity contribution in [3.63, 3.8) is 0 Å². The molecule has 0 spiro atoms. The molecule has 2 heteroatoms. The van der Waals surface area contributed by atoms with Gasteiger partial charge in [-0.15, -0.1) is 0 Å². The van der Waals surface area contributed by atoms with E-state index in [1.54, 1.807) is 0 Å². The van der Waals surface area contributed by atoms with Crippen LogP contribution in [0.15, 0.2) is 0 Å². The molecular formula is C6H11O2. The molecule has 0 aliphatic carbocycles. The molecule has 8 heavy (non-hydrogen) atoms. The molecule has 0 atom stereocenters. The van der Waals surface area contributed by atoms with Gasteiger partial charge in [0.1, 0.15) is 0 Å². The normalized spacial score (nSPS) is 8.62. The summed E-state index contributed by atoms with van der Waals surface area (Å²) in [5.41, 5.74) is 0. The highest BCUT2D eigenvalue weighted by Gasteiger charge is 1.83. The molecular weight excluding hydrogens is 104 g/mol. The molecule has 0 saturated heterocycles. The molecule has 0 aromatic rings. The Balaban J connectivity index is 2.62. The second-order valence-corrected chi connectivity index (χ2v) is 1.64. The van der Waals surface area contributed by atoms with E-state index >= 15 is 0 Å². The number of hydrogen-bond donors (Lipinski definition) is 0. The summed E-state index contributed by atoms with van der Waals surface area (Å²) in [5, 5.41) is 0. The van der Waals surface area contributed by atoms with Gasteiger partial charge in [-0.3, -0.25) is 0 Å². The maximum atomic E-state index is 9.42. The zero-order valence-corrected chi connectivity index (χ0v) is 5.14. The summed E-state index contributed by atoms with van der Waals surface area (Å²) in [5.74, 6) is 0. The molecule has 47 valence electrons. The van der Waals surface area contributed by atoms with E-state index in [0.717, 1.165) is 19.3 Å². The SMILES string of the molecule is CCCCCO[C]=O. The van der Waals surface area contributed by atoms with Crippen LogP contribution in [-0.2, 0) is 9.53 Å². The van der Waals surface area contributed by atoms with Crippen molar-refractivity contribution >= 4 is 6.47 Å². The number of rotatable bonds is 5. The topological polar surface area (TPSA) is 26.3 Å². The Kier molecular flexibility index (Phi) is 6.04. The van der Waals surface area contributed by atoms with Crippen molar-refractivity contribution in [2.75, 3.05) is 6.61 Å². The number of hydrogen-bond acceptors (Lipinski definition) is 2. The lowest BCUT2D eigenvalue weighted by Crippen LogP contribution is -1.89. The molecule has 0 fully saturated rings. The van der Waals surface area contributed by atoms with Gasteiger partial charge in [0.2, 0.25) is 0 Å². The van der Waals surface area contributed by atoms with Crippen molar-refractivity contribution in [2.24, 2.45) is 0 Å². The molecule has 0 amide bonds. The minimum atomic E-state index is 0.525. The predicted molar refractivity (Wildman–Crippen MR) is 31.2 cm³/mol. The second-order valence-electron chi connectivity index (χ2n) is 1.64. The third kappa shape index (κ3) is 5.47. The highest BCUT2D eigenvalue weighted by atomic mass is 16.5. The van der Waals surface area contributed by atoms with Crippen LogP contribution in [0.2, 0.25) is 0 Å². The summed E-state index contributed by atoms with van der Waals surface area (Å²) in [6.45, 7) is 4.00. The van der Waals surface area contributed by atoms with Crippen LogP contribution in [0.4, 0.5) is 0 Å². The Morgan fingerprint density at radius 1 is 1.50 bits per heavy atom. The molecule has 0 bridgehead atoms. The predicted octanol–water partition coefficient (Wildman–Crippen LogP) is 1.26. The number of unbranched alkanes of at least 4 members (excludes halogenated alkanes) is 2. The Labute approximate surface area is 49.8 Å². The van der Waals surface area contributed by atoms with Crippen LogP contribution in [0.3, 0.4) is 0 Å². The molecule has 0 unspecified atom stereocenters. The third-order valence-electron chi connectivity index (χ3n) is 0.909. The second kappa shape index (κ2) is 6.47. The summed E-state index contributed by atoms with van der Waals surface area (Å²) >= 11 is 0. The molecule has 1 radical (unpaired) electrons. The summed E-state index contributed by atoms with van der Waals surface area (Å²) < 4.78 is 4.33. The van der Waals surface area contributed by atoms with Crippen molar-refractivity contribution in [3.05, 3.63) is 0 Å². The lowest BCUT2D eigenvalue weighted by Gasteiger charge is -1.92. The molecule has 2 nitrogen and oxygen atoms in total. The van der Waals surface area contributed by atoms with E-state index in [4.69, 9.17) is 0 Å². The molecule has 0 aromatic carbocycles. The minimum Gasteiger partial charge on any atom is -0.457 e. The van der Waals surface area contributed by atoms with Crippen LogP contribution in [0.1, 0.15) is 26.2 Å². The Hall–Kier alpha value is -0.530. The highest BCUT2D eigenvalue weighted by molar-refractivity contribution is 5.37. The molecule has 0 heterocycles. The number of carbonyl (C=O) groups excluding carboxylic acids is 1. The quantitative estimate of drug-likeness (QED) is 0.504. The first kappa shape index (κ1) is 7.47. The summed E-state index contributed by atoms with van der Waals surface area (Å²) in [7, 11) is 0.